The van der Waals surface area contributed by atoms with Gasteiger partial charge in [-0.1, -0.05) is 6.42 Å². The highest BCUT2D eigenvalue weighted by atomic mass is 16.5. The molecule has 2 aromatic heterocycles. The number of nitrogens with one attached hydrogen (secondary N) is 2. The molecule has 4 rings (SSSR count). The van der Waals surface area contributed by atoms with Gasteiger partial charge in [-0.15, -0.1) is 0 Å². The zero-order valence-corrected chi connectivity index (χ0v) is 15.0. The maximum atomic E-state index is 12.6. The first kappa shape index (κ1) is 16.8. The van der Waals surface area contributed by atoms with Crippen molar-refractivity contribution in [2.45, 2.75) is 38.3 Å². The molecule has 1 unspecified atom stereocenters. The van der Waals surface area contributed by atoms with Gasteiger partial charge in [0.2, 0.25) is 0 Å². The van der Waals surface area contributed by atoms with Gasteiger partial charge in [0.15, 0.2) is 0 Å². The molecule has 6 nitrogen and oxygen atoms in total. The van der Waals surface area contributed by atoms with Crippen molar-refractivity contribution in [2.24, 2.45) is 0 Å². The second-order valence-corrected chi connectivity index (χ2v) is 6.85. The fourth-order valence-corrected chi connectivity index (χ4v) is 3.67. The molecule has 1 atom stereocenters. The fourth-order valence-electron chi connectivity index (χ4n) is 3.67. The molecular formula is C20H24N4O2. The van der Waals surface area contributed by atoms with Gasteiger partial charge in [0.05, 0.1) is 18.2 Å². The highest BCUT2D eigenvalue weighted by Crippen LogP contribution is 2.22. The van der Waals surface area contributed by atoms with E-state index in [1.165, 1.54) is 19.3 Å². The monoisotopic (exact) mass is 352 g/mol. The first-order chi connectivity index (χ1) is 12.7. The van der Waals surface area contributed by atoms with Crippen LogP contribution in [0.1, 0.15) is 25.7 Å². The van der Waals surface area contributed by atoms with Gasteiger partial charge in [-0.25, -0.2) is 4.98 Å². The van der Waals surface area contributed by atoms with Crippen molar-refractivity contribution >= 4 is 10.9 Å². The van der Waals surface area contributed by atoms with Crippen LogP contribution in [-0.2, 0) is 6.54 Å². The standard InChI is InChI=1S/C20H24N4O2/c1-26-16-6-5-14-12-17(20(25)23-18(14)13-16)19-22-9-11-24(19)10-7-15-4-2-3-8-21-15/h5-6,9,11-13,15,21H,2-4,7-8,10H2,1H3,(H,23,25). The lowest BCUT2D eigenvalue weighted by Crippen LogP contribution is -2.34. The summed E-state index contributed by atoms with van der Waals surface area (Å²) in [6, 6.07) is 8.15. The average molecular weight is 352 g/mol. The quantitative estimate of drug-likeness (QED) is 0.741. The Morgan fingerprint density at radius 1 is 1.31 bits per heavy atom. The van der Waals surface area contributed by atoms with Crippen molar-refractivity contribution in [3.05, 3.63) is 47.0 Å². The number of hydrogen-bond donors (Lipinski definition) is 2. The molecule has 0 spiro atoms. The number of pyridine rings is 1. The van der Waals surface area contributed by atoms with Crippen LogP contribution in [0.25, 0.3) is 22.3 Å². The Morgan fingerprint density at radius 3 is 3.04 bits per heavy atom. The number of rotatable bonds is 5. The number of piperidine rings is 1. The second kappa shape index (κ2) is 7.33. The average Bonchev–Trinajstić information content (AvgIpc) is 3.14. The van der Waals surface area contributed by atoms with Gasteiger partial charge in [-0.05, 0) is 49.4 Å². The van der Waals surface area contributed by atoms with Gasteiger partial charge in [-0.3, -0.25) is 4.79 Å². The number of benzene rings is 1. The summed E-state index contributed by atoms with van der Waals surface area (Å²) < 4.78 is 7.31. The second-order valence-electron chi connectivity index (χ2n) is 6.85. The van der Waals surface area contributed by atoms with E-state index < -0.39 is 0 Å². The number of hydrogen-bond acceptors (Lipinski definition) is 4. The largest absolute Gasteiger partial charge is 0.497 e. The Kier molecular flexibility index (Phi) is 4.75. The minimum Gasteiger partial charge on any atom is -0.497 e. The molecule has 6 heteroatoms. The van der Waals surface area contributed by atoms with E-state index in [9.17, 15) is 4.79 Å². The zero-order valence-electron chi connectivity index (χ0n) is 15.0. The maximum Gasteiger partial charge on any atom is 0.259 e. The predicted octanol–water partition coefficient (Wildman–Crippen LogP) is 2.93. The third-order valence-corrected chi connectivity index (χ3v) is 5.14. The Morgan fingerprint density at radius 2 is 2.23 bits per heavy atom. The van der Waals surface area contributed by atoms with Crippen LogP contribution in [0.15, 0.2) is 41.5 Å². The number of aromatic amines is 1. The molecule has 0 radical (unpaired) electrons. The third kappa shape index (κ3) is 3.37. The molecule has 26 heavy (non-hydrogen) atoms. The first-order valence-electron chi connectivity index (χ1n) is 9.20. The van der Waals surface area contributed by atoms with Crippen LogP contribution in [-0.4, -0.2) is 34.2 Å². The minimum atomic E-state index is -0.131. The van der Waals surface area contributed by atoms with Gasteiger partial charge in [0.25, 0.3) is 5.56 Å². The summed E-state index contributed by atoms with van der Waals surface area (Å²) in [5.74, 6) is 1.45. The molecular weight excluding hydrogens is 328 g/mol. The van der Waals surface area contributed by atoms with Crippen LogP contribution < -0.4 is 15.6 Å². The summed E-state index contributed by atoms with van der Waals surface area (Å²) in [5.41, 5.74) is 1.24. The zero-order chi connectivity index (χ0) is 17.9. The maximum absolute atomic E-state index is 12.6. The van der Waals surface area contributed by atoms with Crippen molar-refractivity contribution in [1.29, 1.82) is 0 Å². The molecule has 0 bridgehead atoms. The molecule has 3 aromatic rings. The van der Waals surface area contributed by atoms with E-state index in [2.05, 4.69) is 19.9 Å². The van der Waals surface area contributed by atoms with Gasteiger partial charge in [-0.2, -0.15) is 0 Å². The highest BCUT2D eigenvalue weighted by Gasteiger charge is 2.15. The topological polar surface area (TPSA) is 71.9 Å². The van der Waals surface area contributed by atoms with E-state index in [1.54, 1.807) is 13.3 Å². The first-order valence-corrected chi connectivity index (χ1v) is 9.20. The molecule has 0 aliphatic carbocycles. The number of aromatic nitrogens is 3. The van der Waals surface area contributed by atoms with E-state index in [0.29, 0.717) is 11.6 Å². The lowest BCUT2D eigenvalue weighted by Gasteiger charge is -2.23. The number of methoxy groups -OCH3 is 1. The molecule has 1 aliphatic heterocycles. The molecule has 1 aliphatic rings. The van der Waals surface area contributed by atoms with Crippen LogP contribution in [0.5, 0.6) is 5.75 Å². The predicted molar refractivity (Wildman–Crippen MR) is 103 cm³/mol. The van der Waals surface area contributed by atoms with E-state index in [-0.39, 0.29) is 5.56 Å². The van der Waals surface area contributed by atoms with Crippen molar-refractivity contribution < 1.29 is 4.74 Å². The number of H-pyrrole nitrogens is 1. The Labute approximate surface area is 152 Å². The Bertz CT molecular complexity index is 954. The molecule has 0 saturated carbocycles. The summed E-state index contributed by atoms with van der Waals surface area (Å²) in [5, 5.41) is 4.54. The molecule has 0 amide bonds. The molecule has 1 fully saturated rings. The van der Waals surface area contributed by atoms with Crippen LogP contribution in [0.4, 0.5) is 0 Å². The van der Waals surface area contributed by atoms with Gasteiger partial charge in [0, 0.05) is 31.0 Å². The number of fused-ring (bicyclic) bond motifs is 1. The van der Waals surface area contributed by atoms with Crippen LogP contribution >= 0.6 is 0 Å². The molecule has 1 saturated heterocycles. The number of aryl methyl sites for hydroxylation is 1. The van der Waals surface area contributed by atoms with Crippen molar-refractivity contribution in [2.75, 3.05) is 13.7 Å². The SMILES string of the molecule is COc1ccc2cc(-c3nccn3CCC3CCCCN3)c(=O)[nH]c2c1. The summed E-state index contributed by atoms with van der Waals surface area (Å²) in [6.07, 6.45) is 8.55. The van der Waals surface area contributed by atoms with Crippen LogP contribution in [0.3, 0.4) is 0 Å². The highest BCUT2D eigenvalue weighted by molar-refractivity contribution is 5.83. The fraction of sp³-hybridized carbons (Fsp3) is 0.400. The van der Waals surface area contributed by atoms with Crippen molar-refractivity contribution in [3.8, 4) is 17.1 Å². The lowest BCUT2D eigenvalue weighted by atomic mass is 10.0. The van der Waals surface area contributed by atoms with Gasteiger partial charge in [0.1, 0.15) is 11.6 Å². The Balaban J connectivity index is 1.62. The van der Waals surface area contributed by atoms with E-state index in [1.807, 2.05) is 30.5 Å². The van der Waals surface area contributed by atoms with Crippen molar-refractivity contribution in [3.63, 3.8) is 0 Å². The minimum absolute atomic E-state index is 0.131. The van der Waals surface area contributed by atoms with Crippen molar-refractivity contribution in [1.82, 2.24) is 19.9 Å². The number of imidazole rings is 1. The number of nitrogens with zero attached hydrogens (tertiary/aromatic N) is 2. The third-order valence-electron chi connectivity index (χ3n) is 5.14. The summed E-state index contributed by atoms with van der Waals surface area (Å²) in [4.78, 5) is 20.0. The molecule has 1 aromatic carbocycles. The van der Waals surface area contributed by atoms with E-state index >= 15 is 0 Å². The van der Waals surface area contributed by atoms with E-state index in [0.717, 1.165) is 42.0 Å². The number of ether oxygens (including phenoxy) is 1. The summed E-state index contributed by atoms with van der Waals surface area (Å²) in [6.45, 7) is 1.96. The van der Waals surface area contributed by atoms with Crippen LogP contribution in [0.2, 0.25) is 0 Å². The van der Waals surface area contributed by atoms with E-state index in [4.69, 9.17) is 4.74 Å². The summed E-state index contributed by atoms with van der Waals surface area (Å²) >= 11 is 0. The summed E-state index contributed by atoms with van der Waals surface area (Å²) in [7, 11) is 1.62. The van der Waals surface area contributed by atoms with Crippen LogP contribution in [0, 0.1) is 0 Å². The molecule has 2 N–H and O–H groups in total. The molecule has 3 heterocycles. The lowest BCUT2D eigenvalue weighted by molar-refractivity contribution is 0.367. The Hall–Kier alpha value is -2.60. The molecule has 136 valence electrons. The smallest absolute Gasteiger partial charge is 0.259 e. The normalized spacial score (nSPS) is 17.5. The van der Waals surface area contributed by atoms with Gasteiger partial charge >= 0.3 is 0 Å². The van der Waals surface area contributed by atoms with Gasteiger partial charge < -0.3 is 19.6 Å².